The van der Waals surface area contributed by atoms with E-state index in [1.54, 1.807) is 0 Å². The van der Waals surface area contributed by atoms with Gasteiger partial charge in [-0.15, -0.1) is 0 Å². The van der Waals surface area contributed by atoms with Gasteiger partial charge in [0.05, 0.1) is 0 Å². The Labute approximate surface area is 93.6 Å². The summed E-state index contributed by atoms with van der Waals surface area (Å²) >= 11 is 0. The van der Waals surface area contributed by atoms with Crippen LogP contribution >= 0.6 is 0 Å². The summed E-state index contributed by atoms with van der Waals surface area (Å²) in [5, 5.41) is 9.28. The van der Waals surface area contributed by atoms with Crippen LogP contribution in [0.4, 0.5) is 22.0 Å². The average molecular weight is 256 g/mol. The van der Waals surface area contributed by atoms with Crippen LogP contribution in [0.15, 0.2) is 24.3 Å². The zero-order valence-corrected chi connectivity index (χ0v) is 8.63. The van der Waals surface area contributed by atoms with Crippen LogP contribution in [0.1, 0.15) is 12.5 Å². The molecule has 0 radical (unpaired) electrons. The van der Waals surface area contributed by atoms with E-state index in [0.717, 1.165) is 24.3 Å². The minimum absolute atomic E-state index is 0.276. The summed E-state index contributed by atoms with van der Waals surface area (Å²) in [5.74, 6) is -0.276. The number of aliphatic hydroxyl groups is 1. The molecule has 0 aliphatic carbocycles. The summed E-state index contributed by atoms with van der Waals surface area (Å²) in [4.78, 5) is 0. The SMILES string of the molecule is CC(O)(c1ccc(OC(F)F)cc1)C(F)(F)F. The van der Waals surface area contributed by atoms with Crippen molar-refractivity contribution in [3.63, 3.8) is 0 Å². The molecule has 0 saturated carbocycles. The molecule has 0 saturated heterocycles. The fourth-order valence-corrected chi connectivity index (χ4v) is 1.12. The summed E-state index contributed by atoms with van der Waals surface area (Å²) in [7, 11) is 0. The second-order valence-corrected chi connectivity index (χ2v) is 3.47. The topological polar surface area (TPSA) is 29.5 Å². The van der Waals surface area contributed by atoms with Crippen molar-refractivity contribution in [3.8, 4) is 5.75 Å². The van der Waals surface area contributed by atoms with Gasteiger partial charge in [-0.25, -0.2) is 0 Å². The second kappa shape index (κ2) is 4.48. The van der Waals surface area contributed by atoms with E-state index in [1.165, 1.54) is 0 Å². The fourth-order valence-electron chi connectivity index (χ4n) is 1.12. The molecule has 0 aliphatic rings. The number of alkyl halides is 5. The number of benzene rings is 1. The van der Waals surface area contributed by atoms with Crippen LogP contribution in [0.3, 0.4) is 0 Å². The average Bonchev–Trinajstić information content (AvgIpc) is 2.15. The lowest BCUT2D eigenvalue weighted by Crippen LogP contribution is -2.39. The summed E-state index contributed by atoms with van der Waals surface area (Å²) in [6.07, 6.45) is -4.85. The number of hydrogen-bond acceptors (Lipinski definition) is 2. The van der Waals surface area contributed by atoms with Crippen LogP contribution in [-0.2, 0) is 5.60 Å². The molecule has 1 N–H and O–H groups in total. The van der Waals surface area contributed by atoms with E-state index >= 15 is 0 Å². The molecule has 0 heterocycles. The maximum atomic E-state index is 12.4. The van der Waals surface area contributed by atoms with E-state index in [1.807, 2.05) is 0 Å². The number of rotatable bonds is 3. The minimum Gasteiger partial charge on any atom is -0.435 e. The van der Waals surface area contributed by atoms with Crippen LogP contribution in [-0.4, -0.2) is 17.9 Å². The molecule has 1 unspecified atom stereocenters. The molecule has 0 spiro atoms. The van der Waals surface area contributed by atoms with Gasteiger partial charge in [-0.05, 0) is 24.6 Å². The lowest BCUT2D eigenvalue weighted by atomic mass is 9.95. The molecule has 96 valence electrons. The monoisotopic (exact) mass is 256 g/mol. The first-order valence-corrected chi connectivity index (χ1v) is 4.49. The molecular weight excluding hydrogens is 247 g/mol. The van der Waals surface area contributed by atoms with E-state index in [9.17, 15) is 27.1 Å². The van der Waals surface area contributed by atoms with E-state index < -0.39 is 24.0 Å². The highest BCUT2D eigenvalue weighted by molar-refractivity contribution is 5.31. The van der Waals surface area contributed by atoms with Gasteiger partial charge in [0, 0.05) is 0 Å². The summed E-state index contributed by atoms with van der Waals surface area (Å²) in [6, 6.07) is 3.62. The normalized spacial score (nSPS) is 15.8. The van der Waals surface area contributed by atoms with Gasteiger partial charge in [0.15, 0.2) is 5.60 Å². The first-order chi connectivity index (χ1) is 7.64. The lowest BCUT2D eigenvalue weighted by Gasteiger charge is -2.26. The van der Waals surface area contributed by atoms with Crippen LogP contribution < -0.4 is 4.74 Å². The molecule has 2 nitrogen and oxygen atoms in total. The Kier molecular flexibility index (Phi) is 3.61. The molecule has 17 heavy (non-hydrogen) atoms. The van der Waals surface area contributed by atoms with Crippen LogP contribution in [0.2, 0.25) is 0 Å². The Hall–Kier alpha value is -1.37. The van der Waals surface area contributed by atoms with Crippen molar-refractivity contribution in [2.24, 2.45) is 0 Å². The third-order valence-corrected chi connectivity index (χ3v) is 2.19. The minimum atomic E-state index is -4.85. The van der Waals surface area contributed by atoms with Crippen LogP contribution in [0.25, 0.3) is 0 Å². The Morgan fingerprint density at radius 1 is 1.12 bits per heavy atom. The van der Waals surface area contributed by atoms with Gasteiger partial charge in [-0.3, -0.25) is 0 Å². The summed E-state index contributed by atoms with van der Waals surface area (Å²) in [5.41, 5.74) is -3.48. The van der Waals surface area contributed by atoms with Crippen LogP contribution in [0.5, 0.6) is 5.75 Å². The maximum absolute atomic E-state index is 12.4. The number of halogens is 5. The third-order valence-electron chi connectivity index (χ3n) is 2.19. The molecule has 7 heteroatoms. The predicted molar refractivity (Wildman–Crippen MR) is 48.7 cm³/mol. The van der Waals surface area contributed by atoms with E-state index in [4.69, 9.17) is 0 Å². The Bertz CT molecular complexity index is 369. The molecule has 0 aliphatic heterocycles. The fraction of sp³-hybridized carbons (Fsp3) is 0.400. The lowest BCUT2D eigenvalue weighted by molar-refractivity contribution is -0.258. The summed E-state index contributed by atoms with van der Waals surface area (Å²) in [6.45, 7) is -2.47. The molecule has 1 aromatic rings. The Balaban J connectivity index is 2.95. The Morgan fingerprint density at radius 3 is 1.94 bits per heavy atom. The van der Waals surface area contributed by atoms with Crippen molar-refractivity contribution in [3.05, 3.63) is 29.8 Å². The molecule has 0 amide bonds. The highest BCUT2D eigenvalue weighted by Gasteiger charge is 2.51. The van der Waals surface area contributed by atoms with E-state index in [2.05, 4.69) is 4.74 Å². The zero-order chi connectivity index (χ0) is 13.3. The number of ether oxygens (including phenoxy) is 1. The van der Waals surface area contributed by atoms with Gasteiger partial charge in [-0.1, -0.05) is 12.1 Å². The third kappa shape index (κ3) is 3.06. The van der Waals surface area contributed by atoms with Crippen molar-refractivity contribution in [2.75, 3.05) is 0 Å². The van der Waals surface area contributed by atoms with E-state index in [-0.39, 0.29) is 5.75 Å². The van der Waals surface area contributed by atoms with Crippen molar-refractivity contribution >= 4 is 0 Å². The molecular formula is C10H9F5O2. The first-order valence-electron chi connectivity index (χ1n) is 4.49. The van der Waals surface area contributed by atoms with Gasteiger partial charge < -0.3 is 9.84 Å². The van der Waals surface area contributed by atoms with Crippen LogP contribution in [0, 0.1) is 0 Å². The second-order valence-electron chi connectivity index (χ2n) is 3.47. The van der Waals surface area contributed by atoms with Gasteiger partial charge in [-0.2, -0.15) is 22.0 Å². The largest absolute Gasteiger partial charge is 0.435 e. The van der Waals surface area contributed by atoms with Gasteiger partial charge >= 0.3 is 12.8 Å². The predicted octanol–water partition coefficient (Wildman–Crippen LogP) is 3.06. The quantitative estimate of drug-likeness (QED) is 0.842. The molecule has 0 fully saturated rings. The van der Waals surface area contributed by atoms with Gasteiger partial charge in [0.1, 0.15) is 5.75 Å². The standard InChI is InChI=1S/C10H9F5O2/c1-9(16,10(13,14)15)6-2-4-7(5-3-6)17-8(11)12/h2-5,8,16H,1H3. The molecule has 0 aromatic heterocycles. The van der Waals surface area contributed by atoms with Gasteiger partial charge in [0.25, 0.3) is 0 Å². The highest BCUT2D eigenvalue weighted by Crippen LogP contribution is 2.38. The van der Waals surface area contributed by atoms with Crippen molar-refractivity contribution in [1.82, 2.24) is 0 Å². The molecule has 1 aromatic carbocycles. The molecule has 1 atom stereocenters. The maximum Gasteiger partial charge on any atom is 0.421 e. The van der Waals surface area contributed by atoms with Crippen molar-refractivity contribution < 1.29 is 31.8 Å². The van der Waals surface area contributed by atoms with Crippen molar-refractivity contribution in [2.45, 2.75) is 25.3 Å². The van der Waals surface area contributed by atoms with E-state index in [0.29, 0.717) is 6.92 Å². The van der Waals surface area contributed by atoms with Gasteiger partial charge in [0.2, 0.25) is 0 Å². The Morgan fingerprint density at radius 2 is 1.59 bits per heavy atom. The first kappa shape index (κ1) is 13.7. The zero-order valence-electron chi connectivity index (χ0n) is 8.63. The number of hydrogen-bond donors (Lipinski definition) is 1. The molecule has 1 rings (SSSR count). The van der Waals surface area contributed by atoms with Crippen molar-refractivity contribution in [1.29, 1.82) is 0 Å². The summed E-state index contributed by atoms with van der Waals surface area (Å²) < 4.78 is 64.8. The highest BCUT2D eigenvalue weighted by atomic mass is 19.4. The smallest absolute Gasteiger partial charge is 0.421 e. The molecule has 0 bridgehead atoms.